The zero-order valence-electron chi connectivity index (χ0n) is 11.5. The maximum atomic E-state index is 11.6. The molecule has 0 saturated carbocycles. The van der Waals surface area contributed by atoms with Crippen molar-refractivity contribution < 1.29 is 9.53 Å². The van der Waals surface area contributed by atoms with E-state index in [1.54, 1.807) is 0 Å². The van der Waals surface area contributed by atoms with Crippen molar-refractivity contribution in [2.75, 3.05) is 7.11 Å². The van der Waals surface area contributed by atoms with Crippen LogP contribution in [0.15, 0.2) is 36.5 Å². The summed E-state index contributed by atoms with van der Waals surface area (Å²) in [5.41, 5.74) is 4.34. The number of H-pyrrole nitrogens is 1. The summed E-state index contributed by atoms with van der Waals surface area (Å²) in [7, 11) is 1.41. The zero-order chi connectivity index (χ0) is 13.9. The number of esters is 1. The molecule has 104 valence electrons. The Balaban J connectivity index is 1.76. The molecule has 1 aliphatic carbocycles. The fraction of sp³-hybridized carbons (Fsp3) is 0.312. The van der Waals surface area contributed by atoms with Gasteiger partial charge < -0.3 is 15.0 Å². The molecule has 0 radical (unpaired) electrons. The lowest BCUT2D eigenvalue weighted by Gasteiger charge is -2.14. The summed E-state index contributed by atoms with van der Waals surface area (Å²) in [4.78, 5) is 14.8. The van der Waals surface area contributed by atoms with Crippen LogP contribution < -0.4 is 5.32 Å². The number of ether oxygens (including phenoxy) is 1. The summed E-state index contributed by atoms with van der Waals surface area (Å²) in [6.45, 7) is 0.805. The van der Waals surface area contributed by atoms with Crippen molar-refractivity contribution in [2.24, 2.45) is 0 Å². The molecule has 1 aliphatic rings. The monoisotopic (exact) mass is 270 g/mol. The molecule has 0 fully saturated rings. The summed E-state index contributed by atoms with van der Waals surface area (Å²) in [5, 5.41) is 3.54. The molecule has 0 spiro atoms. The smallest absolute Gasteiger partial charge is 0.337 e. The van der Waals surface area contributed by atoms with E-state index >= 15 is 0 Å². The number of nitrogens with one attached hydrogen (secondary N) is 2. The Morgan fingerprint density at radius 2 is 2.35 bits per heavy atom. The first-order valence-electron chi connectivity index (χ1n) is 6.84. The highest BCUT2D eigenvalue weighted by molar-refractivity contribution is 5.89. The highest BCUT2D eigenvalue weighted by Crippen LogP contribution is 2.32. The van der Waals surface area contributed by atoms with Crippen LogP contribution in [0, 0.1) is 0 Å². The lowest BCUT2D eigenvalue weighted by atomic mass is 10.0. The first kappa shape index (κ1) is 12.9. The number of aryl methyl sites for hydroxylation is 1. The van der Waals surface area contributed by atoms with Gasteiger partial charge >= 0.3 is 5.97 Å². The highest BCUT2D eigenvalue weighted by atomic mass is 16.5. The first-order valence-corrected chi connectivity index (χ1v) is 6.84. The molecule has 2 aromatic rings. The van der Waals surface area contributed by atoms with Gasteiger partial charge in [-0.1, -0.05) is 6.07 Å². The largest absolute Gasteiger partial charge is 0.465 e. The molecule has 4 heteroatoms. The number of carbonyl (C=O) groups is 1. The number of rotatable bonds is 4. The number of fused-ring (bicyclic) bond motifs is 1. The van der Waals surface area contributed by atoms with E-state index in [1.165, 1.54) is 23.9 Å². The summed E-state index contributed by atoms with van der Waals surface area (Å²) in [6, 6.07) is 10.2. The van der Waals surface area contributed by atoms with Crippen LogP contribution >= 0.6 is 0 Å². The molecule has 1 heterocycles. The summed E-state index contributed by atoms with van der Waals surface area (Å²) < 4.78 is 4.79. The van der Waals surface area contributed by atoms with Gasteiger partial charge in [0.15, 0.2) is 0 Å². The van der Waals surface area contributed by atoms with Crippen LogP contribution in [-0.4, -0.2) is 18.1 Å². The number of hydrogen-bond acceptors (Lipinski definition) is 3. The van der Waals surface area contributed by atoms with E-state index in [9.17, 15) is 4.79 Å². The molecular weight excluding hydrogens is 252 g/mol. The van der Waals surface area contributed by atoms with Crippen LogP contribution in [0.1, 0.15) is 39.6 Å². The predicted molar refractivity (Wildman–Crippen MR) is 76.5 cm³/mol. The summed E-state index contributed by atoms with van der Waals surface area (Å²) >= 11 is 0. The van der Waals surface area contributed by atoms with E-state index in [1.807, 2.05) is 30.5 Å². The number of methoxy groups -OCH3 is 1. The number of aromatic nitrogens is 1. The molecule has 0 unspecified atom stereocenters. The van der Waals surface area contributed by atoms with Crippen LogP contribution in [0.2, 0.25) is 0 Å². The average Bonchev–Trinajstić information content (AvgIpc) is 3.13. The Labute approximate surface area is 118 Å². The Hall–Kier alpha value is -2.07. The molecule has 0 amide bonds. The number of aromatic amines is 1. The van der Waals surface area contributed by atoms with Crippen LogP contribution in [0.5, 0.6) is 0 Å². The molecule has 0 bridgehead atoms. The third-order valence-corrected chi connectivity index (χ3v) is 3.85. The Morgan fingerprint density at radius 3 is 3.10 bits per heavy atom. The predicted octanol–water partition coefficient (Wildman–Crippen LogP) is 2.58. The third kappa shape index (κ3) is 2.47. The van der Waals surface area contributed by atoms with Crippen molar-refractivity contribution in [3.8, 4) is 0 Å². The van der Waals surface area contributed by atoms with Gasteiger partial charge in [-0.25, -0.2) is 4.79 Å². The molecule has 3 rings (SSSR count). The maximum Gasteiger partial charge on any atom is 0.337 e. The standard InChI is InChI=1S/C16H18N2O2/c1-20-16(19)12-5-4-11-6-7-15(14(11)9-12)18-10-13-3-2-8-17-13/h2-5,8-9,15,17-18H,6-7,10H2,1H3/t15-/m1/s1. The lowest BCUT2D eigenvalue weighted by molar-refractivity contribution is 0.0600. The minimum Gasteiger partial charge on any atom is -0.465 e. The summed E-state index contributed by atoms with van der Waals surface area (Å²) in [6.07, 6.45) is 4.05. The van der Waals surface area contributed by atoms with Crippen molar-refractivity contribution in [1.29, 1.82) is 0 Å². The van der Waals surface area contributed by atoms with E-state index in [0.717, 1.165) is 19.4 Å². The second-order valence-corrected chi connectivity index (χ2v) is 5.07. The van der Waals surface area contributed by atoms with Gasteiger partial charge in [0.1, 0.15) is 0 Å². The first-order chi connectivity index (χ1) is 9.78. The molecule has 0 aliphatic heterocycles. The highest BCUT2D eigenvalue weighted by Gasteiger charge is 2.23. The molecule has 20 heavy (non-hydrogen) atoms. The van der Waals surface area contributed by atoms with E-state index in [2.05, 4.69) is 16.4 Å². The second kappa shape index (κ2) is 5.51. The lowest BCUT2D eigenvalue weighted by Crippen LogP contribution is -2.19. The summed E-state index contributed by atoms with van der Waals surface area (Å²) in [5.74, 6) is -0.275. The van der Waals surface area contributed by atoms with Gasteiger partial charge in [-0.3, -0.25) is 0 Å². The van der Waals surface area contributed by atoms with Gasteiger partial charge in [0.2, 0.25) is 0 Å². The van der Waals surface area contributed by atoms with Gasteiger partial charge in [-0.05, 0) is 48.2 Å². The number of hydrogen-bond donors (Lipinski definition) is 2. The van der Waals surface area contributed by atoms with E-state index < -0.39 is 0 Å². The Kier molecular flexibility index (Phi) is 3.56. The fourth-order valence-corrected chi connectivity index (χ4v) is 2.77. The fourth-order valence-electron chi connectivity index (χ4n) is 2.77. The molecule has 4 nitrogen and oxygen atoms in total. The van der Waals surface area contributed by atoms with Gasteiger partial charge in [-0.2, -0.15) is 0 Å². The average molecular weight is 270 g/mol. The van der Waals surface area contributed by atoms with Crippen LogP contribution in [0.4, 0.5) is 0 Å². The number of benzene rings is 1. The van der Waals surface area contributed by atoms with Crippen LogP contribution in [0.3, 0.4) is 0 Å². The van der Waals surface area contributed by atoms with Crippen molar-refractivity contribution >= 4 is 5.97 Å². The quantitative estimate of drug-likeness (QED) is 0.840. The normalized spacial score (nSPS) is 16.9. The van der Waals surface area contributed by atoms with Crippen LogP contribution in [-0.2, 0) is 17.7 Å². The van der Waals surface area contributed by atoms with Gasteiger partial charge in [0, 0.05) is 24.5 Å². The van der Waals surface area contributed by atoms with Crippen molar-refractivity contribution in [3.63, 3.8) is 0 Å². The molecule has 2 N–H and O–H groups in total. The minimum atomic E-state index is -0.275. The SMILES string of the molecule is COC(=O)c1ccc2c(c1)[C@H](NCc1ccc[nH]1)CC2. The van der Waals surface area contributed by atoms with E-state index in [0.29, 0.717) is 11.6 Å². The number of carbonyl (C=O) groups excluding carboxylic acids is 1. The van der Waals surface area contributed by atoms with E-state index in [-0.39, 0.29) is 5.97 Å². The molecular formula is C16H18N2O2. The minimum absolute atomic E-state index is 0.275. The van der Waals surface area contributed by atoms with Crippen molar-refractivity contribution in [2.45, 2.75) is 25.4 Å². The van der Waals surface area contributed by atoms with Crippen LogP contribution in [0.25, 0.3) is 0 Å². The van der Waals surface area contributed by atoms with Crippen molar-refractivity contribution in [1.82, 2.24) is 10.3 Å². The van der Waals surface area contributed by atoms with Gasteiger partial charge in [0.25, 0.3) is 0 Å². The zero-order valence-corrected chi connectivity index (χ0v) is 11.5. The maximum absolute atomic E-state index is 11.6. The Morgan fingerprint density at radius 1 is 1.45 bits per heavy atom. The molecule has 1 aromatic heterocycles. The molecule has 1 aromatic carbocycles. The van der Waals surface area contributed by atoms with Gasteiger partial charge in [0.05, 0.1) is 12.7 Å². The molecule has 1 atom stereocenters. The second-order valence-electron chi connectivity index (χ2n) is 5.07. The van der Waals surface area contributed by atoms with E-state index in [4.69, 9.17) is 4.74 Å². The molecule has 0 saturated heterocycles. The Bertz CT molecular complexity index is 605. The topological polar surface area (TPSA) is 54.1 Å². The van der Waals surface area contributed by atoms with Crippen molar-refractivity contribution in [3.05, 3.63) is 58.9 Å². The third-order valence-electron chi connectivity index (χ3n) is 3.85. The van der Waals surface area contributed by atoms with Gasteiger partial charge in [-0.15, -0.1) is 0 Å².